The van der Waals surface area contributed by atoms with Crippen LogP contribution < -0.4 is 0 Å². The Balaban J connectivity index is 1.95. The van der Waals surface area contributed by atoms with Crippen LogP contribution in [0.1, 0.15) is 0 Å². The van der Waals surface area contributed by atoms with Gasteiger partial charge in [0.05, 0.1) is 6.61 Å². The van der Waals surface area contributed by atoms with Crippen molar-refractivity contribution in [2.45, 2.75) is 6.10 Å². The van der Waals surface area contributed by atoms with Crippen molar-refractivity contribution in [2.24, 2.45) is 0 Å². The van der Waals surface area contributed by atoms with Crippen LogP contribution in [0.25, 0.3) is 0 Å². The van der Waals surface area contributed by atoms with Crippen LogP contribution in [0.15, 0.2) is 12.7 Å². The van der Waals surface area contributed by atoms with E-state index in [9.17, 15) is 4.79 Å². The van der Waals surface area contributed by atoms with Crippen LogP contribution >= 0.6 is 0 Å². The molecular weight excluding hydrogens is 148 g/mol. The number of hydrogen-bond acceptors (Lipinski definition) is 4. The van der Waals surface area contributed by atoms with Gasteiger partial charge in [0.15, 0.2) is 0 Å². The van der Waals surface area contributed by atoms with Gasteiger partial charge in [0.25, 0.3) is 0 Å². The molecule has 0 bridgehead atoms. The minimum atomic E-state index is -0.666. The molecule has 1 aliphatic heterocycles. The van der Waals surface area contributed by atoms with Crippen molar-refractivity contribution < 1.29 is 19.0 Å². The average molecular weight is 158 g/mol. The van der Waals surface area contributed by atoms with Gasteiger partial charge in [0.1, 0.15) is 19.3 Å². The van der Waals surface area contributed by atoms with Crippen LogP contribution in [0.2, 0.25) is 0 Å². The Labute approximate surface area is 64.7 Å². The second-order valence-corrected chi connectivity index (χ2v) is 2.12. The highest BCUT2D eigenvalue weighted by Gasteiger charge is 2.24. The largest absolute Gasteiger partial charge is 0.508 e. The van der Waals surface area contributed by atoms with Gasteiger partial charge in [-0.2, -0.15) is 0 Å². The van der Waals surface area contributed by atoms with E-state index in [2.05, 4.69) is 16.1 Å². The van der Waals surface area contributed by atoms with Crippen molar-refractivity contribution in [1.29, 1.82) is 0 Å². The standard InChI is InChI=1S/C7H10O4/c1-2-3-9-7(8)11-5-6-4-10-6/h2,6H,1,3-5H2/t6-/m1/s1. The van der Waals surface area contributed by atoms with E-state index >= 15 is 0 Å². The third-order valence-electron chi connectivity index (χ3n) is 1.11. The first kappa shape index (κ1) is 8.07. The molecule has 0 spiro atoms. The molecule has 0 aromatic rings. The Morgan fingerprint density at radius 1 is 1.73 bits per heavy atom. The Morgan fingerprint density at radius 2 is 2.45 bits per heavy atom. The molecule has 0 amide bonds. The number of epoxide rings is 1. The molecule has 0 aromatic heterocycles. The van der Waals surface area contributed by atoms with Crippen molar-refractivity contribution in [2.75, 3.05) is 19.8 Å². The van der Waals surface area contributed by atoms with Gasteiger partial charge in [-0.05, 0) is 0 Å². The van der Waals surface area contributed by atoms with Gasteiger partial charge >= 0.3 is 6.16 Å². The molecule has 1 heterocycles. The summed E-state index contributed by atoms with van der Waals surface area (Å²) >= 11 is 0. The van der Waals surface area contributed by atoms with Gasteiger partial charge in [0, 0.05) is 0 Å². The highest BCUT2D eigenvalue weighted by Crippen LogP contribution is 2.08. The summed E-state index contributed by atoms with van der Waals surface area (Å²) in [5.41, 5.74) is 0. The lowest BCUT2D eigenvalue weighted by atomic mass is 10.5. The second kappa shape index (κ2) is 3.98. The summed E-state index contributed by atoms with van der Waals surface area (Å²) in [4.78, 5) is 10.6. The molecule has 4 nitrogen and oxygen atoms in total. The third-order valence-corrected chi connectivity index (χ3v) is 1.11. The van der Waals surface area contributed by atoms with E-state index in [1.54, 1.807) is 0 Å². The third kappa shape index (κ3) is 3.62. The fourth-order valence-electron chi connectivity index (χ4n) is 0.494. The topological polar surface area (TPSA) is 48.1 Å². The maximum atomic E-state index is 10.6. The van der Waals surface area contributed by atoms with Gasteiger partial charge in [0.2, 0.25) is 0 Å². The molecule has 11 heavy (non-hydrogen) atoms. The Bertz CT molecular complexity index is 151. The van der Waals surface area contributed by atoms with Gasteiger partial charge in [-0.15, -0.1) is 0 Å². The lowest BCUT2D eigenvalue weighted by Crippen LogP contribution is -2.11. The minimum absolute atomic E-state index is 0.0891. The van der Waals surface area contributed by atoms with Crippen LogP contribution in [-0.4, -0.2) is 32.1 Å². The van der Waals surface area contributed by atoms with Crippen LogP contribution in [0.4, 0.5) is 4.79 Å². The summed E-state index contributed by atoms with van der Waals surface area (Å²) in [5, 5.41) is 0. The first-order chi connectivity index (χ1) is 5.33. The van der Waals surface area contributed by atoms with Gasteiger partial charge in [-0.3, -0.25) is 0 Å². The summed E-state index contributed by atoms with van der Waals surface area (Å²) in [7, 11) is 0. The van der Waals surface area contributed by atoms with Crippen molar-refractivity contribution in [3.63, 3.8) is 0 Å². The molecule has 0 saturated carbocycles. The normalized spacial score (nSPS) is 20.5. The van der Waals surface area contributed by atoms with E-state index in [4.69, 9.17) is 4.74 Å². The van der Waals surface area contributed by atoms with Gasteiger partial charge < -0.3 is 14.2 Å². The van der Waals surface area contributed by atoms with Crippen LogP contribution in [0.3, 0.4) is 0 Å². The number of carbonyl (C=O) groups excluding carboxylic acids is 1. The zero-order valence-electron chi connectivity index (χ0n) is 6.12. The molecule has 0 N–H and O–H groups in total. The highest BCUT2D eigenvalue weighted by atomic mass is 16.7. The number of hydrogen-bond donors (Lipinski definition) is 0. The SMILES string of the molecule is C=CCOC(=O)OC[C@H]1CO1. The Kier molecular flexibility index (Phi) is 2.92. The van der Waals surface area contributed by atoms with E-state index in [-0.39, 0.29) is 19.3 Å². The highest BCUT2D eigenvalue weighted by molar-refractivity contribution is 5.59. The van der Waals surface area contributed by atoms with E-state index in [0.717, 1.165) is 0 Å². The van der Waals surface area contributed by atoms with Crippen molar-refractivity contribution in [3.8, 4) is 0 Å². The zero-order valence-corrected chi connectivity index (χ0v) is 6.12. The van der Waals surface area contributed by atoms with Crippen LogP contribution in [-0.2, 0) is 14.2 Å². The fraction of sp³-hybridized carbons (Fsp3) is 0.571. The molecule has 62 valence electrons. The molecule has 0 radical (unpaired) electrons. The molecule has 1 aliphatic rings. The van der Waals surface area contributed by atoms with E-state index in [1.807, 2.05) is 0 Å². The molecule has 0 aromatic carbocycles. The predicted octanol–water partition coefficient (Wildman–Crippen LogP) is 0.724. The summed E-state index contributed by atoms with van der Waals surface area (Å²) in [6.07, 6.45) is 0.904. The van der Waals surface area contributed by atoms with Gasteiger partial charge in [-0.1, -0.05) is 12.7 Å². The minimum Gasteiger partial charge on any atom is -0.431 e. The molecule has 1 atom stereocenters. The van der Waals surface area contributed by atoms with E-state index in [1.165, 1.54) is 6.08 Å². The summed E-state index contributed by atoms with van der Waals surface area (Å²) in [5.74, 6) is 0. The summed E-state index contributed by atoms with van der Waals surface area (Å²) in [6.45, 7) is 4.53. The number of carbonyl (C=O) groups is 1. The summed E-state index contributed by atoms with van der Waals surface area (Å²) < 4.78 is 14.0. The smallest absolute Gasteiger partial charge is 0.431 e. The number of ether oxygens (including phenoxy) is 3. The van der Waals surface area contributed by atoms with E-state index in [0.29, 0.717) is 6.61 Å². The summed E-state index contributed by atoms with van der Waals surface area (Å²) in [6, 6.07) is 0. The maximum absolute atomic E-state index is 10.6. The molecule has 0 aliphatic carbocycles. The predicted molar refractivity (Wildman–Crippen MR) is 37.2 cm³/mol. The Morgan fingerprint density at radius 3 is 3.00 bits per heavy atom. The zero-order chi connectivity index (χ0) is 8.10. The number of rotatable bonds is 4. The average Bonchev–Trinajstić information content (AvgIpc) is 2.80. The first-order valence-electron chi connectivity index (χ1n) is 3.35. The Hall–Kier alpha value is -1.03. The lowest BCUT2D eigenvalue weighted by Gasteiger charge is -2.00. The first-order valence-corrected chi connectivity index (χ1v) is 3.35. The quantitative estimate of drug-likeness (QED) is 0.343. The molecule has 1 saturated heterocycles. The lowest BCUT2D eigenvalue weighted by molar-refractivity contribution is 0.0581. The molecule has 1 fully saturated rings. The second-order valence-electron chi connectivity index (χ2n) is 2.12. The van der Waals surface area contributed by atoms with Crippen molar-refractivity contribution in [3.05, 3.63) is 12.7 Å². The van der Waals surface area contributed by atoms with E-state index < -0.39 is 6.16 Å². The monoisotopic (exact) mass is 158 g/mol. The molecular formula is C7H10O4. The van der Waals surface area contributed by atoms with Gasteiger partial charge in [-0.25, -0.2) is 4.79 Å². The van der Waals surface area contributed by atoms with Crippen molar-refractivity contribution in [1.82, 2.24) is 0 Å². The molecule has 4 heteroatoms. The maximum Gasteiger partial charge on any atom is 0.508 e. The van der Waals surface area contributed by atoms with Crippen molar-refractivity contribution >= 4 is 6.16 Å². The van der Waals surface area contributed by atoms with Crippen LogP contribution in [0, 0.1) is 0 Å². The fourth-order valence-corrected chi connectivity index (χ4v) is 0.494. The molecule has 1 rings (SSSR count). The molecule has 0 unspecified atom stereocenters. The van der Waals surface area contributed by atoms with Crippen LogP contribution in [0.5, 0.6) is 0 Å².